The summed E-state index contributed by atoms with van der Waals surface area (Å²) in [6.07, 6.45) is 1.57. The Morgan fingerprint density at radius 3 is 2.68 bits per heavy atom. The molecule has 4 nitrogen and oxygen atoms in total. The van der Waals surface area contributed by atoms with Crippen LogP contribution in [0.4, 0.5) is 5.88 Å². The zero-order chi connectivity index (χ0) is 13.4. The minimum atomic E-state index is 0.264. The minimum absolute atomic E-state index is 0.264. The van der Waals surface area contributed by atoms with Crippen molar-refractivity contribution in [3.63, 3.8) is 0 Å². The van der Waals surface area contributed by atoms with E-state index in [0.29, 0.717) is 16.3 Å². The van der Waals surface area contributed by atoms with Gasteiger partial charge >= 0.3 is 0 Å². The smallest absolute Gasteiger partial charge is 0.230 e. The number of fused-ring (bicyclic) bond motifs is 1. The van der Waals surface area contributed by atoms with Gasteiger partial charge in [0.1, 0.15) is 5.75 Å². The number of aromatic nitrogens is 1. The van der Waals surface area contributed by atoms with Crippen molar-refractivity contribution in [1.82, 2.24) is 5.16 Å². The first-order valence-corrected chi connectivity index (χ1v) is 6.04. The molecule has 0 saturated carbocycles. The van der Waals surface area contributed by atoms with E-state index in [1.54, 1.807) is 13.3 Å². The van der Waals surface area contributed by atoms with Crippen LogP contribution >= 0.6 is 11.6 Å². The summed E-state index contributed by atoms with van der Waals surface area (Å²) >= 11 is 6.01. The maximum Gasteiger partial charge on any atom is 0.230 e. The second-order valence-corrected chi connectivity index (χ2v) is 4.58. The molecule has 19 heavy (non-hydrogen) atoms. The third-order valence-corrected chi connectivity index (χ3v) is 3.24. The fourth-order valence-corrected chi connectivity index (χ4v) is 2.26. The highest BCUT2D eigenvalue weighted by atomic mass is 35.5. The van der Waals surface area contributed by atoms with Crippen LogP contribution in [0.5, 0.6) is 5.75 Å². The molecule has 0 spiro atoms. The molecule has 3 rings (SSSR count). The van der Waals surface area contributed by atoms with E-state index in [0.717, 1.165) is 16.3 Å². The molecule has 0 aliphatic rings. The third kappa shape index (κ3) is 2.00. The van der Waals surface area contributed by atoms with E-state index in [1.807, 2.05) is 30.3 Å². The average Bonchev–Trinajstić information content (AvgIpc) is 2.83. The van der Waals surface area contributed by atoms with Gasteiger partial charge in [-0.15, -0.1) is 0 Å². The normalized spacial score (nSPS) is 10.8. The van der Waals surface area contributed by atoms with Crippen molar-refractivity contribution < 1.29 is 9.26 Å². The van der Waals surface area contributed by atoms with Gasteiger partial charge in [0.2, 0.25) is 5.88 Å². The van der Waals surface area contributed by atoms with Gasteiger partial charge < -0.3 is 15.0 Å². The molecule has 1 aromatic heterocycles. The predicted molar refractivity (Wildman–Crippen MR) is 75.4 cm³/mol. The van der Waals surface area contributed by atoms with Crippen molar-refractivity contribution >= 4 is 28.3 Å². The summed E-state index contributed by atoms with van der Waals surface area (Å²) in [5.41, 5.74) is 7.30. The fraction of sp³-hybridized carbons (Fsp3) is 0.0714. The number of anilines is 1. The quantitative estimate of drug-likeness (QED) is 0.773. The molecule has 0 bridgehead atoms. The molecule has 96 valence electrons. The summed E-state index contributed by atoms with van der Waals surface area (Å²) in [5, 5.41) is 6.42. The van der Waals surface area contributed by atoms with Gasteiger partial charge in [0.05, 0.1) is 18.9 Å². The first-order chi connectivity index (χ1) is 9.19. The molecule has 3 aromatic rings. The van der Waals surface area contributed by atoms with E-state index < -0.39 is 0 Å². The third-order valence-electron chi connectivity index (χ3n) is 3.01. The van der Waals surface area contributed by atoms with Crippen LogP contribution in [0.25, 0.3) is 21.9 Å². The molecule has 0 atom stereocenters. The molecule has 2 N–H and O–H groups in total. The van der Waals surface area contributed by atoms with Crippen LogP contribution in [-0.4, -0.2) is 12.3 Å². The molecule has 2 aromatic carbocycles. The van der Waals surface area contributed by atoms with Crippen molar-refractivity contribution in [3.05, 3.63) is 41.6 Å². The molecule has 0 aliphatic heterocycles. The lowest BCUT2D eigenvalue weighted by Crippen LogP contribution is -1.91. The number of nitrogens with two attached hydrogens (primary N) is 1. The second kappa shape index (κ2) is 4.48. The van der Waals surface area contributed by atoms with Crippen LogP contribution in [0.15, 0.2) is 41.1 Å². The highest BCUT2D eigenvalue weighted by Gasteiger charge is 2.13. The topological polar surface area (TPSA) is 61.3 Å². The standard InChI is InChI=1S/C14H11ClN2O2/c1-18-13-6-8-2-3-10(15)4-9(8)5-11(13)12-7-17-19-14(12)16/h2-7H,16H2,1H3. The Morgan fingerprint density at radius 1 is 1.16 bits per heavy atom. The zero-order valence-corrected chi connectivity index (χ0v) is 10.9. The van der Waals surface area contributed by atoms with E-state index in [-0.39, 0.29) is 5.88 Å². The maximum absolute atomic E-state index is 6.01. The lowest BCUT2D eigenvalue weighted by atomic mass is 10.0. The lowest BCUT2D eigenvalue weighted by Gasteiger charge is -2.09. The molecular weight excluding hydrogens is 264 g/mol. The van der Waals surface area contributed by atoms with E-state index in [1.165, 1.54) is 0 Å². The molecule has 0 radical (unpaired) electrons. The SMILES string of the molecule is COc1cc2ccc(Cl)cc2cc1-c1cnoc1N. The van der Waals surface area contributed by atoms with Crippen molar-refractivity contribution in [2.24, 2.45) is 0 Å². The number of ether oxygens (including phenoxy) is 1. The van der Waals surface area contributed by atoms with Crippen LogP contribution in [0.2, 0.25) is 5.02 Å². The maximum atomic E-state index is 6.01. The molecule has 0 amide bonds. The Balaban J connectivity index is 2.31. The molecule has 0 unspecified atom stereocenters. The zero-order valence-electron chi connectivity index (χ0n) is 10.2. The van der Waals surface area contributed by atoms with Gasteiger partial charge in [0.25, 0.3) is 0 Å². The monoisotopic (exact) mass is 274 g/mol. The second-order valence-electron chi connectivity index (χ2n) is 4.15. The van der Waals surface area contributed by atoms with E-state index in [2.05, 4.69) is 5.16 Å². The minimum Gasteiger partial charge on any atom is -0.496 e. The summed E-state index contributed by atoms with van der Waals surface area (Å²) in [6, 6.07) is 9.58. The highest BCUT2D eigenvalue weighted by Crippen LogP contribution is 2.37. The number of nitrogens with zero attached hydrogens (tertiary/aromatic N) is 1. The first-order valence-electron chi connectivity index (χ1n) is 5.67. The van der Waals surface area contributed by atoms with E-state index >= 15 is 0 Å². The van der Waals surface area contributed by atoms with Crippen molar-refractivity contribution in [1.29, 1.82) is 0 Å². The Morgan fingerprint density at radius 2 is 2.00 bits per heavy atom. The summed E-state index contributed by atoms with van der Waals surface area (Å²) in [6.45, 7) is 0. The number of hydrogen-bond acceptors (Lipinski definition) is 4. The molecular formula is C14H11ClN2O2. The van der Waals surface area contributed by atoms with Gasteiger partial charge in [0, 0.05) is 10.6 Å². The number of methoxy groups -OCH3 is 1. The Bertz CT molecular complexity index is 752. The molecule has 0 saturated heterocycles. The van der Waals surface area contributed by atoms with Crippen LogP contribution in [0, 0.1) is 0 Å². The van der Waals surface area contributed by atoms with Crippen LogP contribution in [0.3, 0.4) is 0 Å². The Kier molecular flexibility index (Phi) is 2.80. The van der Waals surface area contributed by atoms with Gasteiger partial charge in [-0.25, -0.2) is 0 Å². The number of hydrogen-bond donors (Lipinski definition) is 1. The molecule has 1 heterocycles. The Hall–Kier alpha value is -2.20. The van der Waals surface area contributed by atoms with Crippen LogP contribution < -0.4 is 10.5 Å². The molecule has 5 heteroatoms. The summed E-state index contributed by atoms with van der Waals surface area (Å²) in [7, 11) is 1.62. The van der Waals surface area contributed by atoms with Crippen molar-refractivity contribution in [2.75, 3.05) is 12.8 Å². The average molecular weight is 275 g/mol. The van der Waals surface area contributed by atoms with E-state index in [4.69, 9.17) is 26.6 Å². The van der Waals surface area contributed by atoms with Gasteiger partial charge in [-0.3, -0.25) is 0 Å². The van der Waals surface area contributed by atoms with E-state index in [9.17, 15) is 0 Å². The first kappa shape index (κ1) is 11.9. The molecule has 0 fully saturated rings. The van der Waals surface area contributed by atoms with Crippen molar-refractivity contribution in [3.8, 4) is 16.9 Å². The van der Waals surface area contributed by atoms with Crippen molar-refractivity contribution in [2.45, 2.75) is 0 Å². The number of halogens is 1. The van der Waals surface area contributed by atoms with Gasteiger partial charge in [-0.05, 0) is 35.0 Å². The van der Waals surface area contributed by atoms with Crippen LogP contribution in [0.1, 0.15) is 0 Å². The summed E-state index contributed by atoms with van der Waals surface area (Å²) in [4.78, 5) is 0. The fourth-order valence-electron chi connectivity index (χ4n) is 2.08. The summed E-state index contributed by atoms with van der Waals surface area (Å²) in [5.74, 6) is 0.976. The lowest BCUT2D eigenvalue weighted by molar-refractivity contribution is 0.417. The predicted octanol–water partition coefficient (Wildman–Crippen LogP) is 3.74. The molecule has 0 aliphatic carbocycles. The largest absolute Gasteiger partial charge is 0.496 e. The van der Waals surface area contributed by atoms with Crippen LogP contribution in [-0.2, 0) is 0 Å². The number of rotatable bonds is 2. The van der Waals surface area contributed by atoms with Gasteiger partial charge in [0.15, 0.2) is 0 Å². The number of nitrogen functional groups attached to an aromatic ring is 1. The van der Waals surface area contributed by atoms with Gasteiger partial charge in [-0.2, -0.15) is 0 Å². The highest BCUT2D eigenvalue weighted by molar-refractivity contribution is 6.31. The Labute approximate surface area is 114 Å². The van der Waals surface area contributed by atoms with Gasteiger partial charge in [-0.1, -0.05) is 22.8 Å². The summed E-state index contributed by atoms with van der Waals surface area (Å²) < 4.78 is 10.3. The number of benzene rings is 2.